The number of para-hydroxylation sites is 1. The molecule has 0 atom stereocenters. The van der Waals surface area contributed by atoms with E-state index in [1.807, 2.05) is 36.4 Å². The van der Waals surface area contributed by atoms with E-state index >= 15 is 0 Å². The normalized spacial score (nSPS) is 15.4. The fraction of sp³-hybridized carbons (Fsp3) is 0.167. The molecule has 0 radical (unpaired) electrons. The third-order valence-electron chi connectivity index (χ3n) is 5.26. The molecule has 0 saturated carbocycles. The molecule has 5 rings (SSSR count). The van der Waals surface area contributed by atoms with Crippen molar-refractivity contribution in [3.63, 3.8) is 0 Å². The molecule has 0 aromatic heterocycles. The summed E-state index contributed by atoms with van der Waals surface area (Å²) in [6.07, 6.45) is 1.90. The van der Waals surface area contributed by atoms with Crippen molar-refractivity contribution in [2.45, 2.75) is 11.3 Å². The van der Waals surface area contributed by atoms with Crippen LogP contribution < -0.4 is 14.2 Å². The molecule has 0 aliphatic carbocycles. The molecule has 0 saturated heterocycles. The van der Waals surface area contributed by atoms with Crippen LogP contribution in [0.15, 0.2) is 71.6 Å². The fourth-order valence-electron chi connectivity index (χ4n) is 3.74. The Morgan fingerprint density at radius 3 is 2.23 bits per heavy atom. The highest BCUT2D eigenvalue weighted by Crippen LogP contribution is 2.41. The van der Waals surface area contributed by atoms with Gasteiger partial charge in [-0.1, -0.05) is 24.3 Å². The summed E-state index contributed by atoms with van der Waals surface area (Å²) in [5.41, 5.74) is 3.91. The lowest BCUT2D eigenvalue weighted by molar-refractivity contribution is 0.171. The van der Waals surface area contributed by atoms with Crippen molar-refractivity contribution < 1.29 is 22.6 Å². The Kier molecular flexibility index (Phi) is 4.51. The van der Waals surface area contributed by atoms with Crippen molar-refractivity contribution in [2.75, 3.05) is 19.5 Å². The molecule has 2 aliphatic heterocycles. The van der Waals surface area contributed by atoms with Gasteiger partial charge in [0.1, 0.15) is 24.7 Å². The first-order valence-corrected chi connectivity index (χ1v) is 11.6. The molecule has 0 amide bonds. The number of ether oxygens (including phenoxy) is 3. The summed E-state index contributed by atoms with van der Waals surface area (Å²) < 4.78 is 41.4. The highest BCUT2D eigenvalue weighted by atomic mass is 32.2. The smallest absolute Gasteiger partial charge is 0.175 e. The van der Waals surface area contributed by atoms with Crippen LogP contribution in [0.1, 0.15) is 16.7 Å². The van der Waals surface area contributed by atoms with E-state index in [0.717, 1.165) is 39.5 Å². The van der Waals surface area contributed by atoms with Crippen LogP contribution in [0.3, 0.4) is 0 Å². The Labute approximate surface area is 175 Å². The third-order valence-corrected chi connectivity index (χ3v) is 6.39. The van der Waals surface area contributed by atoms with Crippen molar-refractivity contribution in [1.29, 1.82) is 0 Å². The first-order chi connectivity index (χ1) is 14.5. The van der Waals surface area contributed by atoms with E-state index in [-0.39, 0.29) is 4.90 Å². The largest absolute Gasteiger partial charge is 0.486 e. The lowest BCUT2D eigenvalue weighted by Crippen LogP contribution is -2.15. The van der Waals surface area contributed by atoms with E-state index in [0.29, 0.717) is 25.4 Å². The predicted molar refractivity (Wildman–Crippen MR) is 115 cm³/mol. The number of rotatable bonds is 3. The lowest BCUT2D eigenvalue weighted by Gasteiger charge is -2.25. The SMILES string of the molecule is CS(=O)(=O)c1ccc(C2=C(c3ccc4c(c3)OCCO4)Cc3ccccc3O2)cc1. The zero-order chi connectivity index (χ0) is 20.7. The average molecular weight is 420 g/mol. The molecule has 6 heteroatoms. The number of hydrogen-bond acceptors (Lipinski definition) is 5. The second-order valence-corrected chi connectivity index (χ2v) is 9.36. The van der Waals surface area contributed by atoms with Crippen LogP contribution >= 0.6 is 0 Å². The first-order valence-electron chi connectivity index (χ1n) is 9.68. The molecule has 3 aromatic rings. The van der Waals surface area contributed by atoms with E-state index in [2.05, 4.69) is 6.07 Å². The van der Waals surface area contributed by atoms with Crippen molar-refractivity contribution >= 4 is 21.2 Å². The van der Waals surface area contributed by atoms with Gasteiger partial charge < -0.3 is 14.2 Å². The van der Waals surface area contributed by atoms with Crippen LogP contribution in [0.2, 0.25) is 0 Å². The molecule has 2 heterocycles. The van der Waals surface area contributed by atoms with Gasteiger partial charge in [-0.15, -0.1) is 0 Å². The highest BCUT2D eigenvalue weighted by Gasteiger charge is 2.24. The number of sulfone groups is 1. The van der Waals surface area contributed by atoms with Gasteiger partial charge in [0, 0.05) is 23.8 Å². The zero-order valence-corrected chi connectivity index (χ0v) is 17.2. The van der Waals surface area contributed by atoms with E-state index in [4.69, 9.17) is 14.2 Å². The molecule has 0 unspecified atom stereocenters. The number of fused-ring (bicyclic) bond motifs is 2. The summed E-state index contributed by atoms with van der Waals surface area (Å²) in [5.74, 6) is 2.98. The van der Waals surface area contributed by atoms with Gasteiger partial charge in [0.15, 0.2) is 21.3 Å². The summed E-state index contributed by atoms with van der Waals surface area (Å²) in [7, 11) is -3.26. The van der Waals surface area contributed by atoms with Crippen LogP contribution in [-0.4, -0.2) is 27.9 Å². The van der Waals surface area contributed by atoms with E-state index in [9.17, 15) is 8.42 Å². The van der Waals surface area contributed by atoms with Crippen LogP contribution in [0.25, 0.3) is 11.3 Å². The predicted octanol–water partition coefficient (Wildman–Crippen LogP) is 4.36. The van der Waals surface area contributed by atoms with Gasteiger partial charge in [0.05, 0.1) is 4.90 Å². The van der Waals surface area contributed by atoms with Gasteiger partial charge in [-0.25, -0.2) is 8.42 Å². The molecule has 5 nitrogen and oxygen atoms in total. The quantitative estimate of drug-likeness (QED) is 0.630. The molecule has 2 aliphatic rings. The minimum Gasteiger partial charge on any atom is -0.486 e. The summed E-state index contributed by atoms with van der Waals surface area (Å²) >= 11 is 0. The van der Waals surface area contributed by atoms with Crippen molar-refractivity contribution in [1.82, 2.24) is 0 Å². The molecule has 0 fully saturated rings. The maximum atomic E-state index is 11.8. The van der Waals surface area contributed by atoms with E-state index < -0.39 is 9.84 Å². The van der Waals surface area contributed by atoms with Crippen LogP contribution in [-0.2, 0) is 16.3 Å². The highest BCUT2D eigenvalue weighted by molar-refractivity contribution is 7.90. The molecule has 3 aromatic carbocycles. The van der Waals surface area contributed by atoms with Gasteiger partial charge in [0.2, 0.25) is 0 Å². The fourth-order valence-corrected chi connectivity index (χ4v) is 4.37. The second kappa shape index (κ2) is 7.22. The zero-order valence-electron chi connectivity index (χ0n) is 16.4. The van der Waals surface area contributed by atoms with Gasteiger partial charge in [-0.2, -0.15) is 0 Å². The third kappa shape index (κ3) is 3.44. The second-order valence-electron chi connectivity index (χ2n) is 7.35. The molecular formula is C24H20O5S. The minimum atomic E-state index is -3.26. The van der Waals surface area contributed by atoms with E-state index in [1.54, 1.807) is 24.3 Å². The molecule has 0 spiro atoms. The van der Waals surface area contributed by atoms with Gasteiger partial charge in [-0.05, 0) is 53.6 Å². The Balaban J connectivity index is 1.64. The number of allylic oxidation sites excluding steroid dienone is 1. The Bertz CT molecular complexity index is 1260. The number of benzene rings is 3. The van der Waals surface area contributed by atoms with Crippen molar-refractivity contribution in [3.05, 3.63) is 83.4 Å². The Morgan fingerprint density at radius 2 is 1.47 bits per heavy atom. The Hall–Kier alpha value is -3.25. The van der Waals surface area contributed by atoms with E-state index in [1.165, 1.54) is 6.26 Å². The van der Waals surface area contributed by atoms with Gasteiger partial charge >= 0.3 is 0 Å². The maximum absolute atomic E-state index is 11.8. The summed E-state index contributed by atoms with van der Waals surface area (Å²) in [6.45, 7) is 1.07. The first kappa shape index (κ1) is 18.8. The topological polar surface area (TPSA) is 61.8 Å². The Morgan fingerprint density at radius 1 is 0.767 bits per heavy atom. The monoisotopic (exact) mass is 420 g/mol. The molecule has 0 N–H and O–H groups in total. The summed E-state index contributed by atoms with van der Waals surface area (Å²) in [5, 5.41) is 0. The maximum Gasteiger partial charge on any atom is 0.175 e. The molecule has 30 heavy (non-hydrogen) atoms. The van der Waals surface area contributed by atoms with Crippen molar-refractivity contribution in [2.24, 2.45) is 0 Å². The van der Waals surface area contributed by atoms with Crippen LogP contribution in [0.5, 0.6) is 17.2 Å². The number of hydrogen-bond donors (Lipinski definition) is 0. The van der Waals surface area contributed by atoms with Crippen LogP contribution in [0.4, 0.5) is 0 Å². The lowest BCUT2D eigenvalue weighted by atomic mass is 9.92. The van der Waals surface area contributed by atoms with Crippen LogP contribution in [0, 0.1) is 0 Å². The van der Waals surface area contributed by atoms with Gasteiger partial charge in [0.25, 0.3) is 0 Å². The minimum absolute atomic E-state index is 0.281. The standard InChI is InChI=1S/C24H20O5S/c1-30(25,26)19-9-6-16(7-10-19)24-20(14-18-4-2-3-5-21(18)29-24)17-8-11-22-23(15-17)28-13-12-27-22/h2-11,15H,12-14H2,1H3. The average Bonchev–Trinajstić information content (AvgIpc) is 2.77. The van der Waals surface area contributed by atoms with Crippen molar-refractivity contribution in [3.8, 4) is 17.2 Å². The summed E-state index contributed by atoms with van der Waals surface area (Å²) in [6, 6.07) is 20.6. The molecule has 0 bridgehead atoms. The van der Waals surface area contributed by atoms with Gasteiger partial charge in [-0.3, -0.25) is 0 Å². The molecule has 152 valence electrons. The summed E-state index contributed by atoms with van der Waals surface area (Å²) in [4.78, 5) is 0.281. The molecular weight excluding hydrogens is 400 g/mol.